The van der Waals surface area contributed by atoms with Crippen LogP contribution in [0.3, 0.4) is 0 Å². The summed E-state index contributed by atoms with van der Waals surface area (Å²) in [6.07, 6.45) is 0.863. The molecule has 0 spiro atoms. The third-order valence-corrected chi connectivity index (χ3v) is 6.48. The maximum absolute atomic E-state index is 13.3. The highest BCUT2D eigenvalue weighted by Gasteiger charge is 2.46. The van der Waals surface area contributed by atoms with Crippen LogP contribution in [-0.4, -0.2) is 85.1 Å². The fraction of sp³-hybridized carbons (Fsp3) is 0.393. The maximum atomic E-state index is 13.3. The molecule has 2 heterocycles. The summed E-state index contributed by atoms with van der Waals surface area (Å²) in [4.78, 5) is 41.2. The quantitative estimate of drug-likeness (QED) is 0.260. The minimum Gasteiger partial charge on any atom is -0.507 e. The highest BCUT2D eigenvalue weighted by molar-refractivity contribution is 6.46. The molecule has 4 rings (SSSR count). The van der Waals surface area contributed by atoms with E-state index in [1.807, 2.05) is 6.92 Å². The van der Waals surface area contributed by atoms with E-state index in [1.165, 1.54) is 4.90 Å². The minimum atomic E-state index is -0.794. The Morgan fingerprint density at radius 1 is 1.00 bits per heavy atom. The zero-order valence-corrected chi connectivity index (χ0v) is 21.4. The predicted octanol–water partition coefficient (Wildman–Crippen LogP) is 2.09. The Labute approximate surface area is 221 Å². The molecule has 2 aromatic carbocycles. The molecular weight excluding hydrogens is 490 g/mol. The van der Waals surface area contributed by atoms with E-state index in [0.29, 0.717) is 55.5 Å². The van der Waals surface area contributed by atoms with Gasteiger partial charge in [-0.05, 0) is 48.4 Å². The summed E-state index contributed by atoms with van der Waals surface area (Å²) >= 11 is 0. The molecule has 3 N–H and O–H groups in total. The minimum absolute atomic E-state index is 0.0185. The van der Waals surface area contributed by atoms with Gasteiger partial charge in [0.15, 0.2) is 6.61 Å². The first-order valence-electron chi connectivity index (χ1n) is 12.7. The SMILES string of the molecule is CCCOc1ccc(C(O)=C2C(=O)C(=O)N(CCN3CCOCC3)C2c2ccc(OCC(N)=O)cc2)cc1. The van der Waals surface area contributed by atoms with Crippen LogP contribution in [0, 0.1) is 0 Å². The van der Waals surface area contributed by atoms with E-state index in [9.17, 15) is 19.5 Å². The van der Waals surface area contributed by atoms with E-state index in [1.54, 1.807) is 48.5 Å². The Bertz CT molecular complexity index is 1170. The van der Waals surface area contributed by atoms with E-state index < -0.39 is 23.6 Å². The summed E-state index contributed by atoms with van der Waals surface area (Å²) < 4.78 is 16.4. The van der Waals surface area contributed by atoms with Crippen molar-refractivity contribution in [2.24, 2.45) is 5.73 Å². The molecule has 10 nitrogen and oxygen atoms in total. The molecular formula is C28H33N3O7. The third-order valence-electron chi connectivity index (χ3n) is 6.48. The topological polar surface area (TPSA) is 132 Å². The van der Waals surface area contributed by atoms with Crippen LogP contribution in [0.25, 0.3) is 5.76 Å². The smallest absolute Gasteiger partial charge is 0.295 e. The van der Waals surface area contributed by atoms with E-state index in [-0.39, 0.29) is 17.9 Å². The van der Waals surface area contributed by atoms with Gasteiger partial charge in [0.2, 0.25) is 0 Å². The van der Waals surface area contributed by atoms with Crippen LogP contribution in [0.1, 0.15) is 30.5 Å². The molecule has 2 saturated heterocycles. The van der Waals surface area contributed by atoms with Gasteiger partial charge in [-0.3, -0.25) is 19.3 Å². The number of nitrogens with two attached hydrogens (primary N) is 1. The fourth-order valence-corrected chi connectivity index (χ4v) is 4.52. The number of nitrogens with zero attached hydrogens (tertiary/aromatic N) is 2. The molecule has 2 aliphatic heterocycles. The van der Waals surface area contributed by atoms with Crippen LogP contribution in [0.15, 0.2) is 54.1 Å². The number of carbonyl (C=O) groups excluding carboxylic acids is 3. The first-order chi connectivity index (χ1) is 18.4. The molecule has 0 aliphatic carbocycles. The Morgan fingerprint density at radius 3 is 2.26 bits per heavy atom. The molecule has 0 saturated carbocycles. The molecule has 1 atom stereocenters. The predicted molar refractivity (Wildman–Crippen MR) is 140 cm³/mol. The summed E-state index contributed by atoms with van der Waals surface area (Å²) in [7, 11) is 0. The third kappa shape index (κ3) is 6.32. The Hall–Kier alpha value is -3.89. The van der Waals surface area contributed by atoms with Crippen molar-refractivity contribution in [2.45, 2.75) is 19.4 Å². The Balaban J connectivity index is 1.66. The van der Waals surface area contributed by atoms with Crippen molar-refractivity contribution >= 4 is 23.4 Å². The molecule has 0 radical (unpaired) electrons. The molecule has 202 valence electrons. The Morgan fingerprint density at radius 2 is 1.63 bits per heavy atom. The lowest BCUT2D eigenvalue weighted by molar-refractivity contribution is -0.140. The number of ketones is 1. The van der Waals surface area contributed by atoms with Gasteiger partial charge in [0.25, 0.3) is 17.6 Å². The highest BCUT2D eigenvalue weighted by Crippen LogP contribution is 2.40. The second kappa shape index (κ2) is 12.6. The van der Waals surface area contributed by atoms with Gasteiger partial charge in [-0.25, -0.2) is 0 Å². The van der Waals surface area contributed by atoms with Crippen LogP contribution < -0.4 is 15.2 Å². The maximum Gasteiger partial charge on any atom is 0.295 e. The number of aliphatic hydroxyl groups excluding tert-OH is 1. The first-order valence-corrected chi connectivity index (χ1v) is 12.7. The van der Waals surface area contributed by atoms with E-state index in [2.05, 4.69) is 4.90 Å². The van der Waals surface area contributed by atoms with Gasteiger partial charge in [-0.1, -0.05) is 19.1 Å². The average Bonchev–Trinajstić information content (AvgIpc) is 3.19. The summed E-state index contributed by atoms with van der Waals surface area (Å²) in [5.74, 6) is -1.19. The number of morpholine rings is 1. The molecule has 2 aromatic rings. The van der Waals surface area contributed by atoms with Gasteiger partial charge in [0, 0.05) is 31.7 Å². The van der Waals surface area contributed by atoms with Crippen molar-refractivity contribution in [3.63, 3.8) is 0 Å². The van der Waals surface area contributed by atoms with E-state index in [0.717, 1.165) is 19.5 Å². The van der Waals surface area contributed by atoms with Crippen molar-refractivity contribution in [3.05, 3.63) is 65.2 Å². The molecule has 0 aromatic heterocycles. The molecule has 2 aliphatic rings. The second-order valence-corrected chi connectivity index (χ2v) is 9.14. The van der Waals surface area contributed by atoms with Crippen LogP contribution >= 0.6 is 0 Å². The number of ether oxygens (including phenoxy) is 3. The number of aliphatic hydroxyl groups is 1. The van der Waals surface area contributed by atoms with Crippen molar-refractivity contribution in [3.8, 4) is 11.5 Å². The van der Waals surface area contributed by atoms with E-state index in [4.69, 9.17) is 19.9 Å². The number of Topliss-reactive ketones (excluding diaryl/α,β-unsaturated/α-hetero) is 1. The number of rotatable bonds is 11. The van der Waals surface area contributed by atoms with Crippen LogP contribution in [-0.2, 0) is 19.1 Å². The lowest BCUT2D eigenvalue weighted by atomic mass is 9.95. The summed E-state index contributed by atoms with van der Waals surface area (Å²) in [6, 6.07) is 12.7. The number of likely N-dealkylation sites (tertiary alicyclic amines) is 1. The summed E-state index contributed by atoms with van der Waals surface area (Å²) in [6.45, 7) is 5.90. The normalized spacial score (nSPS) is 19.5. The van der Waals surface area contributed by atoms with Crippen LogP contribution in [0.2, 0.25) is 0 Å². The number of hydrogen-bond acceptors (Lipinski definition) is 8. The van der Waals surface area contributed by atoms with E-state index >= 15 is 0 Å². The fourth-order valence-electron chi connectivity index (χ4n) is 4.52. The zero-order valence-electron chi connectivity index (χ0n) is 21.4. The number of benzene rings is 2. The van der Waals surface area contributed by atoms with Crippen LogP contribution in [0.4, 0.5) is 0 Å². The molecule has 10 heteroatoms. The number of hydrogen-bond donors (Lipinski definition) is 2. The molecule has 1 unspecified atom stereocenters. The monoisotopic (exact) mass is 523 g/mol. The first kappa shape index (κ1) is 27.2. The average molecular weight is 524 g/mol. The molecule has 0 bridgehead atoms. The van der Waals surface area contributed by atoms with Crippen molar-refractivity contribution < 1.29 is 33.7 Å². The van der Waals surface area contributed by atoms with Gasteiger partial charge in [0.05, 0.1) is 31.4 Å². The second-order valence-electron chi connectivity index (χ2n) is 9.14. The lowest BCUT2D eigenvalue weighted by Crippen LogP contribution is -2.42. The number of primary amides is 1. The van der Waals surface area contributed by atoms with Gasteiger partial charge in [-0.2, -0.15) is 0 Å². The summed E-state index contributed by atoms with van der Waals surface area (Å²) in [5.41, 5.74) is 6.21. The number of amides is 2. The molecule has 2 fully saturated rings. The van der Waals surface area contributed by atoms with Gasteiger partial charge in [-0.15, -0.1) is 0 Å². The Kier molecular flexibility index (Phi) is 8.98. The lowest BCUT2D eigenvalue weighted by Gasteiger charge is -2.31. The van der Waals surface area contributed by atoms with Crippen molar-refractivity contribution in [1.82, 2.24) is 9.80 Å². The van der Waals surface area contributed by atoms with Crippen molar-refractivity contribution in [2.75, 3.05) is 52.6 Å². The van der Waals surface area contributed by atoms with Gasteiger partial charge >= 0.3 is 0 Å². The number of carbonyl (C=O) groups is 3. The molecule has 38 heavy (non-hydrogen) atoms. The van der Waals surface area contributed by atoms with Gasteiger partial charge in [0.1, 0.15) is 17.3 Å². The zero-order chi connectivity index (χ0) is 27.1. The largest absolute Gasteiger partial charge is 0.507 e. The summed E-state index contributed by atoms with van der Waals surface area (Å²) in [5, 5.41) is 11.3. The molecule has 2 amide bonds. The van der Waals surface area contributed by atoms with Crippen molar-refractivity contribution in [1.29, 1.82) is 0 Å². The van der Waals surface area contributed by atoms with Gasteiger partial charge < -0.3 is 30.0 Å². The van der Waals surface area contributed by atoms with Crippen LogP contribution in [0.5, 0.6) is 11.5 Å². The standard InChI is InChI=1S/C28H33N3O7/c1-2-15-37-21-9-5-20(6-10-21)26(33)24-25(19-3-7-22(8-4-19)38-18-23(29)32)31(28(35)27(24)34)12-11-30-13-16-36-17-14-30/h3-10,25,33H,2,11-18H2,1H3,(H2,29,32). The highest BCUT2D eigenvalue weighted by atomic mass is 16.5.